The Labute approximate surface area is 188 Å². The Morgan fingerprint density at radius 3 is 2.62 bits per heavy atom. The number of nitrogens with zero attached hydrogens (tertiary/aromatic N) is 2. The molecule has 0 saturated carbocycles. The largest absolute Gasteiger partial charge is 0.309 e. The number of carbonyl (C=O) groups is 1. The van der Waals surface area contributed by atoms with Crippen molar-refractivity contribution in [3.05, 3.63) is 107 Å². The van der Waals surface area contributed by atoms with E-state index in [0.717, 1.165) is 53.8 Å². The Balaban J connectivity index is 1.50. The molecule has 2 aliphatic rings. The van der Waals surface area contributed by atoms with Gasteiger partial charge in [0.25, 0.3) is 0 Å². The van der Waals surface area contributed by atoms with E-state index in [1.54, 1.807) is 0 Å². The molecule has 0 spiro atoms. The van der Waals surface area contributed by atoms with Gasteiger partial charge in [-0.15, -0.1) is 0 Å². The van der Waals surface area contributed by atoms with Gasteiger partial charge in [-0.25, -0.2) is 9.97 Å². The molecule has 1 amide bonds. The number of nitrogens with one attached hydrogen (secondary N) is 1. The smallest absolute Gasteiger partial charge is 0.230 e. The lowest BCUT2D eigenvalue weighted by Crippen LogP contribution is -2.19. The van der Waals surface area contributed by atoms with E-state index in [1.165, 1.54) is 5.56 Å². The second-order valence-corrected chi connectivity index (χ2v) is 8.14. The van der Waals surface area contributed by atoms with Crippen LogP contribution in [0.5, 0.6) is 0 Å². The van der Waals surface area contributed by atoms with Crippen molar-refractivity contribution in [1.82, 2.24) is 9.97 Å². The third-order valence-electron chi connectivity index (χ3n) is 5.82. The Kier molecular flexibility index (Phi) is 5.75. The van der Waals surface area contributed by atoms with Crippen LogP contribution in [-0.2, 0) is 24.1 Å². The van der Waals surface area contributed by atoms with Gasteiger partial charge in [-0.2, -0.15) is 0 Å². The van der Waals surface area contributed by atoms with E-state index in [2.05, 4.69) is 41.7 Å². The number of allylic oxidation sites excluding steroid dienone is 5. The first-order valence-electron chi connectivity index (χ1n) is 11.1. The Hall–Kier alpha value is -3.79. The van der Waals surface area contributed by atoms with Gasteiger partial charge < -0.3 is 5.32 Å². The molecule has 1 N–H and O–H groups in total. The van der Waals surface area contributed by atoms with E-state index in [4.69, 9.17) is 9.97 Å². The van der Waals surface area contributed by atoms with Gasteiger partial charge in [0, 0.05) is 5.56 Å². The summed E-state index contributed by atoms with van der Waals surface area (Å²) >= 11 is 0. The number of aryl methyl sites for hydroxylation is 2. The lowest BCUT2D eigenvalue weighted by atomic mass is 9.92. The maximum absolute atomic E-state index is 12.8. The molecule has 32 heavy (non-hydrogen) atoms. The van der Waals surface area contributed by atoms with Crippen LogP contribution in [0.2, 0.25) is 0 Å². The molecule has 3 aromatic rings. The Bertz CT molecular complexity index is 1240. The Morgan fingerprint density at radius 2 is 1.78 bits per heavy atom. The average molecular weight is 420 g/mol. The van der Waals surface area contributed by atoms with Crippen LogP contribution in [0.3, 0.4) is 0 Å². The summed E-state index contributed by atoms with van der Waals surface area (Å²) in [7, 11) is 0. The van der Waals surface area contributed by atoms with Crippen molar-refractivity contribution in [2.24, 2.45) is 0 Å². The van der Waals surface area contributed by atoms with E-state index in [0.29, 0.717) is 17.9 Å². The molecule has 1 aromatic heterocycles. The van der Waals surface area contributed by atoms with E-state index >= 15 is 0 Å². The molecular weight excluding hydrogens is 394 g/mol. The zero-order valence-corrected chi connectivity index (χ0v) is 17.9. The third kappa shape index (κ3) is 4.45. The number of fused-ring (bicyclic) bond motifs is 3. The summed E-state index contributed by atoms with van der Waals surface area (Å²) in [6.07, 6.45) is 14.7. The number of hydrogen-bond donors (Lipinski definition) is 1. The van der Waals surface area contributed by atoms with Crippen molar-refractivity contribution < 1.29 is 4.79 Å². The summed E-state index contributed by atoms with van der Waals surface area (Å²) in [5, 5.41) is 3.02. The maximum Gasteiger partial charge on any atom is 0.230 e. The van der Waals surface area contributed by atoms with Crippen molar-refractivity contribution >= 4 is 17.8 Å². The fraction of sp³-hybridized carbons (Fsp3) is 0.179. The van der Waals surface area contributed by atoms with E-state index in [9.17, 15) is 4.79 Å². The van der Waals surface area contributed by atoms with Crippen molar-refractivity contribution in [3.8, 4) is 11.3 Å². The summed E-state index contributed by atoms with van der Waals surface area (Å²) in [5.41, 5.74) is 7.09. The van der Waals surface area contributed by atoms with Crippen LogP contribution < -0.4 is 5.32 Å². The molecule has 0 atom stereocenters. The number of carbonyl (C=O) groups excluding carboxylic acids is 1. The normalized spacial score (nSPS) is 14.6. The van der Waals surface area contributed by atoms with Crippen molar-refractivity contribution in [2.45, 2.75) is 32.1 Å². The molecule has 1 heterocycles. The Morgan fingerprint density at radius 1 is 0.938 bits per heavy atom. The van der Waals surface area contributed by atoms with Gasteiger partial charge >= 0.3 is 0 Å². The second-order valence-electron chi connectivity index (χ2n) is 8.14. The molecule has 2 aromatic carbocycles. The minimum Gasteiger partial charge on any atom is -0.309 e. The molecule has 0 radical (unpaired) electrons. The van der Waals surface area contributed by atoms with Crippen LogP contribution in [-0.4, -0.2) is 15.9 Å². The fourth-order valence-electron chi connectivity index (χ4n) is 4.19. The van der Waals surface area contributed by atoms with Crippen molar-refractivity contribution in [2.75, 3.05) is 5.32 Å². The molecule has 158 valence electrons. The highest BCUT2D eigenvalue weighted by Gasteiger charge is 2.21. The maximum atomic E-state index is 12.8. The van der Waals surface area contributed by atoms with Gasteiger partial charge in [-0.1, -0.05) is 78.9 Å². The minimum atomic E-state index is -0.0897. The molecule has 0 aliphatic heterocycles. The van der Waals surface area contributed by atoms with E-state index < -0.39 is 0 Å². The zero-order valence-electron chi connectivity index (χ0n) is 17.9. The molecule has 0 saturated heterocycles. The molecule has 5 rings (SSSR count). The highest BCUT2D eigenvalue weighted by Crippen LogP contribution is 2.33. The number of benzene rings is 2. The summed E-state index contributed by atoms with van der Waals surface area (Å²) in [5.74, 6) is 0.439. The van der Waals surface area contributed by atoms with Crippen LogP contribution in [0, 0.1) is 0 Å². The topological polar surface area (TPSA) is 54.9 Å². The van der Waals surface area contributed by atoms with E-state index in [1.807, 2.05) is 48.6 Å². The first-order valence-corrected chi connectivity index (χ1v) is 11.1. The first kappa shape index (κ1) is 20.1. The molecular formula is C28H25N3O. The summed E-state index contributed by atoms with van der Waals surface area (Å²) in [6.45, 7) is 0. The van der Waals surface area contributed by atoms with Crippen LogP contribution >= 0.6 is 0 Å². The molecule has 0 bridgehead atoms. The van der Waals surface area contributed by atoms with Crippen LogP contribution in [0.25, 0.3) is 17.3 Å². The molecule has 0 fully saturated rings. The number of rotatable bonds is 5. The van der Waals surface area contributed by atoms with Gasteiger partial charge in [0.2, 0.25) is 5.91 Å². The van der Waals surface area contributed by atoms with E-state index in [-0.39, 0.29) is 5.91 Å². The number of aromatic nitrogens is 2. The molecule has 2 aliphatic carbocycles. The average Bonchev–Trinajstić information content (AvgIpc) is 2.84. The van der Waals surface area contributed by atoms with Gasteiger partial charge in [-0.3, -0.25) is 4.79 Å². The van der Waals surface area contributed by atoms with Crippen LogP contribution in [0.1, 0.15) is 35.4 Å². The molecule has 0 unspecified atom stereocenters. The van der Waals surface area contributed by atoms with Crippen molar-refractivity contribution in [1.29, 1.82) is 0 Å². The molecule has 4 heteroatoms. The van der Waals surface area contributed by atoms with Gasteiger partial charge in [0.15, 0.2) is 5.82 Å². The lowest BCUT2D eigenvalue weighted by Gasteiger charge is -2.20. The summed E-state index contributed by atoms with van der Waals surface area (Å²) in [6, 6.07) is 18.1. The fourth-order valence-corrected chi connectivity index (χ4v) is 4.19. The highest BCUT2D eigenvalue weighted by atomic mass is 16.1. The summed E-state index contributed by atoms with van der Waals surface area (Å²) < 4.78 is 0. The third-order valence-corrected chi connectivity index (χ3v) is 5.82. The number of anilines is 1. The number of hydrogen-bond acceptors (Lipinski definition) is 3. The minimum absolute atomic E-state index is 0.0897. The second kappa shape index (κ2) is 9.15. The predicted octanol–water partition coefficient (Wildman–Crippen LogP) is 5.71. The predicted molar refractivity (Wildman–Crippen MR) is 129 cm³/mol. The lowest BCUT2D eigenvalue weighted by molar-refractivity contribution is -0.115. The van der Waals surface area contributed by atoms with Gasteiger partial charge in [0.05, 0.1) is 17.8 Å². The van der Waals surface area contributed by atoms with Crippen LogP contribution in [0.15, 0.2) is 84.5 Å². The molecule has 4 nitrogen and oxygen atoms in total. The summed E-state index contributed by atoms with van der Waals surface area (Å²) in [4.78, 5) is 22.6. The van der Waals surface area contributed by atoms with Crippen LogP contribution in [0.4, 0.5) is 5.82 Å². The SMILES string of the molecule is O=C(Cc1ccccc1)Nc1nc2c(nc1/C=C/C1=CCCC=C1)-c1ccccc1CC2. The monoisotopic (exact) mass is 419 g/mol. The quantitative estimate of drug-likeness (QED) is 0.576. The van der Waals surface area contributed by atoms with Gasteiger partial charge in [0.1, 0.15) is 5.69 Å². The standard InChI is InChI=1S/C28H25N3O/c32-26(19-21-11-5-2-6-12-21)31-28-25(17-15-20-9-3-1-4-10-20)29-27-23-14-8-7-13-22(23)16-18-24(27)30-28/h2-3,5-15,17H,1,4,16,18-19H2,(H,30,31,32)/b17-15+. The highest BCUT2D eigenvalue weighted by molar-refractivity contribution is 5.93. The van der Waals surface area contributed by atoms with Crippen molar-refractivity contribution in [3.63, 3.8) is 0 Å². The number of amides is 1. The van der Waals surface area contributed by atoms with Gasteiger partial charge in [-0.05, 0) is 48.5 Å². The zero-order chi connectivity index (χ0) is 21.8. The first-order chi connectivity index (χ1) is 15.8.